The minimum absolute atomic E-state index is 0.264. The van der Waals surface area contributed by atoms with Crippen LogP contribution in [0.5, 0.6) is 11.5 Å². The van der Waals surface area contributed by atoms with Gasteiger partial charge in [0.1, 0.15) is 28.4 Å². The van der Waals surface area contributed by atoms with E-state index in [1.54, 1.807) is 14.2 Å². The number of aryl methyl sites for hydroxylation is 1. The molecule has 0 radical (unpaired) electrons. The molecule has 3 aromatic rings. The van der Waals surface area contributed by atoms with E-state index in [2.05, 4.69) is 53.3 Å². The molecule has 1 fully saturated rings. The van der Waals surface area contributed by atoms with E-state index in [-0.39, 0.29) is 11.3 Å². The number of hydrogen-bond donors (Lipinski definition) is 2. The summed E-state index contributed by atoms with van der Waals surface area (Å²) in [4.78, 5) is 23.2. The number of carbonyl (C=O) groups is 1. The standard InChI is InChI=1S/C33H43N3O4/c1-32(2,31(37)38)33(21-23-13-14-24(33)20-25(23)22-10-7-6-8-11-22)17-19-36(3)18-9-12-28-34-29-26(39-4)15-16-27(40-5)30(29)35-28/h6-8,10-11,15-16,20,23-24H,9,12-14,17-19,21H2,1-5H3,(H,34,35)(H,37,38)/t23-,24-,33+/m1/s1. The van der Waals surface area contributed by atoms with Crippen molar-refractivity contribution in [2.75, 3.05) is 34.4 Å². The van der Waals surface area contributed by atoms with Crippen LogP contribution in [0.4, 0.5) is 0 Å². The predicted octanol–water partition coefficient (Wildman–Crippen LogP) is 6.45. The first-order valence-electron chi connectivity index (χ1n) is 14.5. The number of methoxy groups -OCH3 is 2. The molecule has 2 aromatic carbocycles. The molecule has 0 spiro atoms. The van der Waals surface area contributed by atoms with Crippen molar-refractivity contribution >= 4 is 22.6 Å². The third-order valence-corrected chi connectivity index (χ3v) is 9.81. The lowest BCUT2D eigenvalue weighted by atomic mass is 9.46. The summed E-state index contributed by atoms with van der Waals surface area (Å²) in [5.74, 6) is 2.40. The van der Waals surface area contributed by atoms with Gasteiger partial charge in [-0.2, -0.15) is 0 Å². The van der Waals surface area contributed by atoms with Crippen LogP contribution in [0.25, 0.3) is 16.6 Å². The van der Waals surface area contributed by atoms with Gasteiger partial charge < -0.3 is 24.5 Å². The maximum Gasteiger partial charge on any atom is 0.309 e. The average molecular weight is 546 g/mol. The van der Waals surface area contributed by atoms with Crippen molar-refractivity contribution < 1.29 is 19.4 Å². The Morgan fingerprint density at radius 3 is 2.48 bits per heavy atom. The average Bonchev–Trinajstić information content (AvgIpc) is 3.40. The minimum atomic E-state index is -0.803. The number of ether oxygens (including phenoxy) is 2. The normalized spacial score (nSPS) is 22.5. The van der Waals surface area contributed by atoms with Crippen LogP contribution >= 0.6 is 0 Å². The first kappa shape index (κ1) is 28.2. The maximum atomic E-state index is 12.6. The van der Waals surface area contributed by atoms with Crippen LogP contribution in [0.1, 0.15) is 57.3 Å². The summed E-state index contributed by atoms with van der Waals surface area (Å²) in [6.45, 7) is 5.69. The number of allylic oxidation sites excluding steroid dienone is 2. The van der Waals surface area contributed by atoms with Crippen molar-refractivity contribution in [1.29, 1.82) is 0 Å². The van der Waals surface area contributed by atoms with Gasteiger partial charge in [0.25, 0.3) is 0 Å². The van der Waals surface area contributed by atoms with E-state index in [0.717, 1.165) is 80.0 Å². The molecule has 1 aromatic heterocycles. The Kier molecular flexibility index (Phi) is 7.96. The van der Waals surface area contributed by atoms with E-state index in [0.29, 0.717) is 5.92 Å². The van der Waals surface area contributed by atoms with Crippen LogP contribution in [0, 0.1) is 22.7 Å². The molecule has 3 aliphatic carbocycles. The summed E-state index contributed by atoms with van der Waals surface area (Å²) in [5.41, 5.74) is 3.29. The van der Waals surface area contributed by atoms with Gasteiger partial charge >= 0.3 is 5.97 Å². The lowest BCUT2D eigenvalue weighted by Crippen LogP contribution is -2.54. The van der Waals surface area contributed by atoms with Crippen LogP contribution < -0.4 is 9.47 Å². The molecule has 2 bridgehead atoms. The van der Waals surface area contributed by atoms with Gasteiger partial charge in [-0.3, -0.25) is 4.79 Å². The zero-order valence-corrected chi connectivity index (χ0v) is 24.5. The third-order valence-electron chi connectivity index (χ3n) is 9.81. The van der Waals surface area contributed by atoms with Crippen molar-refractivity contribution in [3.05, 3.63) is 59.9 Å². The van der Waals surface area contributed by atoms with E-state index in [1.165, 1.54) is 11.1 Å². The van der Waals surface area contributed by atoms with Crippen LogP contribution in [-0.4, -0.2) is 60.3 Å². The Morgan fingerprint density at radius 1 is 1.10 bits per heavy atom. The second-order valence-corrected chi connectivity index (χ2v) is 12.2. The van der Waals surface area contributed by atoms with Crippen LogP contribution in [0.2, 0.25) is 0 Å². The highest BCUT2D eigenvalue weighted by Crippen LogP contribution is 2.62. The summed E-state index contributed by atoms with van der Waals surface area (Å²) in [6, 6.07) is 14.4. The Labute approximate surface area is 237 Å². The number of H-pyrrole nitrogens is 1. The zero-order chi connectivity index (χ0) is 28.5. The molecular formula is C33H43N3O4. The highest BCUT2D eigenvalue weighted by atomic mass is 16.5. The molecule has 6 rings (SSSR count). The van der Waals surface area contributed by atoms with Crippen molar-refractivity contribution in [2.45, 2.75) is 52.4 Å². The van der Waals surface area contributed by atoms with Crippen molar-refractivity contribution in [2.24, 2.45) is 22.7 Å². The fraction of sp³-hybridized carbons (Fsp3) is 0.515. The Morgan fingerprint density at radius 2 is 1.82 bits per heavy atom. The quantitative estimate of drug-likeness (QED) is 0.272. The summed E-state index contributed by atoms with van der Waals surface area (Å²) in [7, 11) is 5.46. The molecular weight excluding hydrogens is 502 g/mol. The molecule has 214 valence electrons. The van der Waals surface area contributed by atoms with Gasteiger partial charge in [-0.25, -0.2) is 4.98 Å². The number of carboxylic acid groups (broad SMARTS) is 1. The lowest BCUT2D eigenvalue weighted by molar-refractivity contribution is -0.162. The second kappa shape index (κ2) is 11.3. The molecule has 0 aliphatic heterocycles. The Bertz CT molecular complexity index is 1340. The van der Waals surface area contributed by atoms with E-state index in [9.17, 15) is 9.90 Å². The van der Waals surface area contributed by atoms with E-state index in [4.69, 9.17) is 14.5 Å². The fourth-order valence-corrected chi connectivity index (χ4v) is 7.27. The highest BCUT2D eigenvalue weighted by molar-refractivity contribution is 5.87. The van der Waals surface area contributed by atoms with E-state index < -0.39 is 11.4 Å². The largest absolute Gasteiger partial charge is 0.494 e. The number of nitrogens with one attached hydrogen (secondary N) is 1. The number of aliphatic carboxylic acids is 1. The number of aromatic nitrogens is 2. The summed E-state index contributed by atoms with van der Waals surface area (Å²) in [6.07, 6.45) is 8.22. The summed E-state index contributed by atoms with van der Waals surface area (Å²) >= 11 is 0. The summed E-state index contributed by atoms with van der Waals surface area (Å²) < 4.78 is 11.0. The first-order chi connectivity index (χ1) is 19.2. The highest BCUT2D eigenvalue weighted by Gasteiger charge is 2.58. The topological polar surface area (TPSA) is 87.7 Å². The van der Waals surface area contributed by atoms with Gasteiger partial charge in [-0.1, -0.05) is 36.4 Å². The maximum absolute atomic E-state index is 12.6. The number of fused-ring (bicyclic) bond motifs is 3. The number of carboxylic acids is 1. The molecule has 0 saturated heterocycles. The van der Waals surface area contributed by atoms with Crippen molar-refractivity contribution in [3.8, 4) is 11.5 Å². The number of benzene rings is 2. The molecule has 1 heterocycles. The van der Waals surface area contributed by atoms with Crippen LogP contribution in [0.15, 0.2) is 48.5 Å². The van der Waals surface area contributed by atoms with Crippen LogP contribution in [0.3, 0.4) is 0 Å². The molecule has 0 unspecified atom stereocenters. The minimum Gasteiger partial charge on any atom is -0.494 e. The monoisotopic (exact) mass is 545 g/mol. The fourth-order valence-electron chi connectivity index (χ4n) is 7.27. The zero-order valence-electron chi connectivity index (χ0n) is 24.5. The van der Waals surface area contributed by atoms with Gasteiger partial charge in [0.2, 0.25) is 0 Å². The molecule has 3 atom stereocenters. The predicted molar refractivity (Wildman–Crippen MR) is 159 cm³/mol. The van der Waals surface area contributed by atoms with Crippen molar-refractivity contribution in [1.82, 2.24) is 14.9 Å². The number of rotatable bonds is 12. The first-order valence-corrected chi connectivity index (χ1v) is 14.5. The smallest absolute Gasteiger partial charge is 0.309 e. The molecule has 3 aliphatic rings. The van der Waals surface area contributed by atoms with Crippen molar-refractivity contribution in [3.63, 3.8) is 0 Å². The number of aromatic amines is 1. The number of nitrogens with zero attached hydrogens (tertiary/aromatic N) is 2. The summed E-state index contributed by atoms with van der Waals surface area (Å²) in [5, 5.41) is 10.4. The SMILES string of the molecule is COc1ccc(OC)c2[nH]c(CCCN(C)CC[C@]3(C(C)(C)C(=O)O)C[C@H]4CC[C@@H]3C=C4c3ccccc3)nc12. The van der Waals surface area contributed by atoms with Gasteiger partial charge in [0.05, 0.1) is 19.6 Å². The molecule has 0 amide bonds. The third kappa shape index (κ3) is 5.00. The Hall–Kier alpha value is -3.32. The number of imidazole rings is 1. The van der Waals surface area contributed by atoms with E-state index >= 15 is 0 Å². The Balaban J connectivity index is 1.27. The van der Waals surface area contributed by atoms with Gasteiger partial charge in [0, 0.05) is 6.42 Å². The molecule has 40 heavy (non-hydrogen) atoms. The van der Waals surface area contributed by atoms with E-state index in [1.807, 2.05) is 26.0 Å². The molecule has 2 N–H and O–H groups in total. The van der Waals surface area contributed by atoms with Gasteiger partial charge in [-0.15, -0.1) is 0 Å². The van der Waals surface area contributed by atoms with Crippen LogP contribution in [-0.2, 0) is 11.2 Å². The van der Waals surface area contributed by atoms with Gasteiger partial charge in [-0.05, 0) is 107 Å². The second-order valence-electron chi connectivity index (χ2n) is 12.2. The van der Waals surface area contributed by atoms with Gasteiger partial charge in [0.15, 0.2) is 0 Å². The lowest BCUT2D eigenvalue weighted by Gasteiger charge is -2.57. The molecule has 7 nitrogen and oxygen atoms in total. The molecule has 7 heteroatoms. The molecule has 1 saturated carbocycles. The number of hydrogen-bond acceptors (Lipinski definition) is 5.